The Hall–Kier alpha value is -0.120. The fourth-order valence-electron chi connectivity index (χ4n) is 3.91. The maximum atomic E-state index is 6.22. The molecule has 1 fully saturated rings. The molecular weight excluding hydrogens is 224 g/mol. The first-order valence-electron chi connectivity index (χ1n) is 7.47. The highest BCUT2D eigenvalue weighted by Gasteiger charge is 2.45. The summed E-state index contributed by atoms with van der Waals surface area (Å²) in [7, 11) is 1.78. The van der Waals surface area contributed by atoms with Gasteiger partial charge in [-0.05, 0) is 38.1 Å². The zero-order valence-corrected chi connectivity index (χ0v) is 12.9. The van der Waals surface area contributed by atoms with Crippen LogP contribution in [-0.4, -0.2) is 43.3 Å². The molecule has 0 amide bonds. The Morgan fingerprint density at radius 1 is 1.39 bits per heavy atom. The molecule has 18 heavy (non-hydrogen) atoms. The van der Waals surface area contributed by atoms with Gasteiger partial charge in [-0.2, -0.15) is 0 Å². The fraction of sp³-hybridized carbons (Fsp3) is 1.00. The van der Waals surface area contributed by atoms with Crippen LogP contribution in [0.25, 0.3) is 0 Å². The standard InChI is InChI=1S/C15H32N2O/c1-6-17(14(4)10-18-5)15(11-16)9-12(2)7-8-13(15)3/h12-14H,6-11,16H2,1-5H3. The van der Waals surface area contributed by atoms with Crippen molar-refractivity contribution in [2.24, 2.45) is 17.6 Å². The molecule has 0 aromatic carbocycles. The number of methoxy groups -OCH3 is 1. The highest BCUT2D eigenvalue weighted by atomic mass is 16.5. The molecule has 1 aliphatic carbocycles. The van der Waals surface area contributed by atoms with Crippen LogP contribution in [0, 0.1) is 11.8 Å². The minimum Gasteiger partial charge on any atom is -0.383 e. The fourth-order valence-corrected chi connectivity index (χ4v) is 3.91. The maximum Gasteiger partial charge on any atom is 0.0615 e. The molecule has 3 heteroatoms. The maximum absolute atomic E-state index is 6.22. The normalized spacial score (nSPS) is 34.8. The van der Waals surface area contributed by atoms with Crippen molar-refractivity contribution in [1.29, 1.82) is 0 Å². The summed E-state index contributed by atoms with van der Waals surface area (Å²) < 4.78 is 5.35. The number of hydrogen-bond donors (Lipinski definition) is 1. The Labute approximate surface area is 113 Å². The van der Waals surface area contributed by atoms with E-state index in [4.69, 9.17) is 10.5 Å². The number of nitrogens with two attached hydrogens (primary N) is 1. The van der Waals surface area contributed by atoms with Gasteiger partial charge in [0.25, 0.3) is 0 Å². The van der Waals surface area contributed by atoms with Gasteiger partial charge in [-0.25, -0.2) is 0 Å². The van der Waals surface area contributed by atoms with Gasteiger partial charge in [0, 0.05) is 25.2 Å². The van der Waals surface area contributed by atoms with Gasteiger partial charge < -0.3 is 10.5 Å². The SMILES string of the molecule is CCN(C(C)COC)C1(CN)CC(C)CCC1C. The molecule has 3 nitrogen and oxygen atoms in total. The Balaban J connectivity index is 2.94. The first-order chi connectivity index (χ1) is 8.51. The Morgan fingerprint density at radius 2 is 2.06 bits per heavy atom. The van der Waals surface area contributed by atoms with E-state index in [0.29, 0.717) is 12.0 Å². The summed E-state index contributed by atoms with van der Waals surface area (Å²) in [5, 5.41) is 0. The summed E-state index contributed by atoms with van der Waals surface area (Å²) in [4.78, 5) is 2.59. The number of rotatable bonds is 6. The van der Waals surface area contributed by atoms with Crippen LogP contribution in [0.3, 0.4) is 0 Å². The highest BCUT2D eigenvalue weighted by Crippen LogP contribution is 2.41. The molecule has 0 aromatic rings. The molecule has 0 spiro atoms. The predicted molar refractivity (Wildman–Crippen MR) is 77.7 cm³/mol. The molecule has 0 aliphatic heterocycles. The van der Waals surface area contributed by atoms with Gasteiger partial charge in [-0.3, -0.25) is 4.90 Å². The van der Waals surface area contributed by atoms with Crippen molar-refractivity contribution >= 4 is 0 Å². The van der Waals surface area contributed by atoms with Crippen molar-refractivity contribution in [2.45, 2.75) is 58.5 Å². The van der Waals surface area contributed by atoms with Gasteiger partial charge >= 0.3 is 0 Å². The van der Waals surface area contributed by atoms with Gasteiger partial charge in [0.1, 0.15) is 0 Å². The minimum absolute atomic E-state index is 0.171. The van der Waals surface area contributed by atoms with Crippen molar-refractivity contribution in [3.63, 3.8) is 0 Å². The molecule has 4 unspecified atom stereocenters. The van der Waals surface area contributed by atoms with E-state index in [2.05, 4.69) is 32.6 Å². The Morgan fingerprint density at radius 3 is 2.56 bits per heavy atom. The summed E-state index contributed by atoms with van der Waals surface area (Å²) in [6.45, 7) is 11.9. The van der Waals surface area contributed by atoms with Crippen molar-refractivity contribution in [3.8, 4) is 0 Å². The molecule has 0 radical (unpaired) electrons. The summed E-state index contributed by atoms with van der Waals surface area (Å²) in [5.41, 5.74) is 6.39. The van der Waals surface area contributed by atoms with E-state index < -0.39 is 0 Å². The smallest absolute Gasteiger partial charge is 0.0615 e. The van der Waals surface area contributed by atoms with Crippen molar-refractivity contribution in [2.75, 3.05) is 26.8 Å². The van der Waals surface area contributed by atoms with Crippen LogP contribution in [0.2, 0.25) is 0 Å². The molecule has 1 saturated carbocycles. The van der Waals surface area contributed by atoms with Crippen LogP contribution in [0.4, 0.5) is 0 Å². The van der Waals surface area contributed by atoms with Crippen molar-refractivity contribution in [1.82, 2.24) is 4.90 Å². The van der Waals surface area contributed by atoms with Crippen LogP contribution >= 0.6 is 0 Å². The van der Waals surface area contributed by atoms with E-state index in [0.717, 1.165) is 25.6 Å². The van der Waals surface area contributed by atoms with Crippen LogP contribution < -0.4 is 5.73 Å². The van der Waals surface area contributed by atoms with Crippen LogP contribution in [0.5, 0.6) is 0 Å². The third-order valence-electron chi connectivity index (χ3n) is 4.92. The molecule has 1 aliphatic rings. The van der Waals surface area contributed by atoms with E-state index in [1.807, 2.05) is 0 Å². The second kappa shape index (κ2) is 6.88. The average molecular weight is 256 g/mol. The topological polar surface area (TPSA) is 38.5 Å². The van der Waals surface area contributed by atoms with Gasteiger partial charge in [-0.1, -0.05) is 27.2 Å². The third-order valence-corrected chi connectivity index (χ3v) is 4.92. The molecule has 4 atom stereocenters. The number of likely N-dealkylation sites (N-methyl/N-ethyl adjacent to an activating group) is 1. The molecule has 108 valence electrons. The predicted octanol–water partition coefficient (Wildman–Crippen LogP) is 2.50. The van der Waals surface area contributed by atoms with Crippen molar-refractivity contribution in [3.05, 3.63) is 0 Å². The molecule has 0 heterocycles. The van der Waals surface area contributed by atoms with Crippen LogP contribution in [0.1, 0.15) is 47.0 Å². The summed E-state index contributed by atoms with van der Waals surface area (Å²) in [6.07, 6.45) is 3.88. The number of ether oxygens (including phenoxy) is 1. The van der Waals surface area contributed by atoms with Crippen LogP contribution in [-0.2, 0) is 4.74 Å². The van der Waals surface area contributed by atoms with E-state index in [1.54, 1.807) is 7.11 Å². The zero-order chi connectivity index (χ0) is 13.8. The lowest BCUT2D eigenvalue weighted by Crippen LogP contribution is -2.63. The van der Waals surface area contributed by atoms with E-state index in [9.17, 15) is 0 Å². The van der Waals surface area contributed by atoms with Gasteiger partial charge in [0.15, 0.2) is 0 Å². The lowest BCUT2D eigenvalue weighted by atomic mass is 9.68. The van der Waals surface area contributed by atoms with Crippen molar-refractivity contribution < 1.29 is 4.74 Å². The second-order valence-corrected chi connectivity index (χ2v) is 6.19. The van der Waals surface area contributed by atoms with E-state index in [1.165, 1.54) is 19.3 Å². The summed E-state index contributed by atoms with van der Waals surface area (Å²) in [6, 6.07) is 0.441. The molecule has 0 saturated heterocycles. The minimum atomic E-state index is 0.171. The van der Waals surface area contributed by atoms with E-state index >= 15 is 0 Å². The first kappa shape index (κ1) is 15.9. The molecule has 2 N–H and O–H groups in total. The summed E-state index contributed by atoms with van der Waals surface area (Å²) >= 11 is 0. The number of nitrogens with zero attached hydrogens (tertiary/aromatic N) is 1. The number of hydrogen-bond acceptors (Lipinski definition) is 3. The third kappa shape index (κ3) is 3.06. The Bertz CT molecular complexity index is 247. The van der Waals surface area contributed by atoms with E-state index in [-0.39, 0.29) is 5.54 Å². The Kier molecular flexibility index (Phi) is 6.09. The second-order valence-electron chi connectivity index (χ2n) is 6.19. The van der Waals surface area contributed by atoms with Gasteiger partial charge in [0.05, 0.1) is 6.61 Å². The van der Waals surface area contributed by atoms with Crippen LogP contribution in [0.15, 0.2) is 0 Å². The quantitative estimate of drug-likeness (QED) is 0.793. The molecule has 0 aromatic heterocycles. The average Bonchev–Trinajstić information content (AvgIpc) is 2.34. The van der Waals surface area contributed by atoms with Gasteiger partial charge in [0.2, 0.25) is 0 Å². The monoisotopic (exact) mass is 256 g/mol. The van der Waals surface area contributed by atoms with Gasteiger partial charge in [-0.15, -0.1) is 0 Å². The highest BCUT2D eigenvalue weighted by molar-refractivity contribution is 5.01. The largest absolute Gasteiger partial charge is 0.383 e. The molecule has 0 bridgehead atoms. The zero-order valence-electron chi connectivity index (χ0n) is 12.9. The summed E-state index contributed by atoms with van der Waals surface area (Å²) in [5.74, 6) is 1.46. The first-order valence-corrected chi connectivity index (χ1v) is 7.47. The lowest BCUT2D eigenvalue weighted by Gasteiger charge is -2.53. The molecular formula is C15H32N2O. The lowest BCUT2D eigenvalue weighted by molar-refractivity contribution is -0.0426. The molecule has 1 rings (SSSR count).